The van der Waals surface area contributed by atoms with E-state index in [2.05, 4.69) is 0 Å². The lowest BCUT2D eigenvalue weighted by Crippen LogP contribution is -2.10. The standard InChI is InChI=1S/C10H10ClFO3/c1-5(2)15-7-4-3-6(11)8(9(7)12)10(13)14/h3-5H,1-2H3,(H,13,14). The van der Waals surface area contributed by atoms with Crippen molar-refractivity contribution in [3.63, 3.8) is 0 Å². The first-order chi connectivity index (χ1) is 6.93. The maximum atomic E-state index is 13.6. The van der Waals surface area contributed by atoms with Gasteiger partial charge < -0.3 is 9.84 Å². The number of carboxylic acids is 1. The first-order valence-corrected chi connectivity index (χ1v) is 4.69. The van der Waals surface area contributed by atoms with Gasteiger partial charge in [-0.15, -0.1) is 0 Å². The molecule has 0 unspecified atom stereocenters. The Morgan fingerprint density at radius 3 is 2.60 bits per heavy atom. The molecule has 15 heavy (non-hydrogen) atoms. The predicted molar refractivity (Wildman–Crippen MR) is 54.1 cm³/mol. The summed E-state index contributed by atoms with van der Waals surface area (Å²) >= 11 is 5.56. The molecule has 0 radical (unpaired) electrons. The quantitative estimate of drug-likeness (QED) is 0.872. The van der Waals surface area contributed by atoms with Gasteiger partial charge in [-0.05, 0) is 26.0 Å². The van der Waals surface area contributed by atoms with E-state index in [1.165, 1.54) is 12.1 Å². The van der Waals surface area contributed by atoms with Gasteiger partial charge in [0.25, 0.3) is 0 Å². The number of carbonyl (C=O) groups is 1. The summed E-state index contributed by atoms with van der Waals surface area (Å²) < 4.78 is 18.6. The van der Waals surface area contributed by atoms with Crippen molar-refractivity contribution in [3.8, 4) is 5.75 Å². The Labute approximate surface area is 91.4 Å². The fraction of sp³-hybridized carbons (Fsp3) is 0.300. The Kier molecular flexibility index (Phi) is 3.52. The summed E-state index contributed by atoms with van der Waals surface area (Å²) in [6.45, 7) is 3.43. The minimum Gasteiger partial charge on any atom is -0.488 e. The molecule has 1 aromatic carbocycles. The summed E-state index contributed by atoms with van der Waals surface area (Å²) in [4.78, 5) is 10.7. The zero-order valence-electron chi connectivity index (χ0n) is 8.25. The molecule has 0 saturated carbocycles. The lowest BCUT2D eigenvalue weighted by atomic mass is 10.2. The predicted octanol–water partition coefficient (Wildman–Crippen LogP) is 2.96. The van der Waals surface area contributed by atoms with Gasteiger partial charge in [-0.1, -0.05) is 11.6 Å². The molecule has 0 aliphatic rings. The van der Waals surface area contributed by atoms with Gasteiger partial charge in [-0.25, -0.2) is 9.18 Å². The molecule has 0 atom stereocenters. The third kappa shape index (κ3) is 2.59. The molecule has 1 aromatic rings. The zero-order valence-corrected chi connectivity index (χ0v) is 9.01. The molecular weight excluding hydrogens is 223 g/mol. The number of hydrogen-bond donors (Lipinski definition) is 1. The zero-order chi connectivity index (χ0) is 11.6. The number of carboxylic acid groups (broad SMARTS) is 1. The Bertz CT molecular complexity index is 390. The van der Waals surface area contributed by atoms with Crippen LogP contribution in [0.1, 0.15) is 24.2 Å². The Hall–Kier alpha value is -1.29. The highest BCUT2D eigenvalue weighted by atomic mass is 35.5. The van der Waals surface area contributed by atoms with E-state index in [0.717, 1.165) is 0 Å². The highest BCUT2D eigenvalue weighted by molar-refractivity contribution is 6.33. The summed E-state index contributed by atoms with van der Waals surface area (Å²) in [5.41, 5.74) is -0.560. The van der Waals surface area contributed by atoms with Gasteiger partial charge in [0.05, 0.1) is 11.1 Å². The summed E-state index contributed by atoms with van der Waals surface area (Å²) in [6.07, 6.45) is -0.234. The second kappa shape index (κ2) is 4.49. The molecule has 0 heterocycles. The van der Waals surface area contributed by atoms with Crippen LogP contribution < -0.4 is 4.74 Å². The molecule has 0 aliphatic carbocycles. The molecular formula is C10H10ClFO3. The number of ether oxygens (including phenoxy) is 1. The van der Waals surface area contributed by atoms with Crippen LogP contribution in [0.2, 0.25) is 5.02 Å². The molecule has 0 amide bonds. The van der Waals surface area contributed by atoms with E-state index in [0.29, 0.717) is 0 Å². The molecule has 0 saturated heterocycles. The van der Waals surface area contributed by atoms with Crippen molar-refractivity contribution in [2.75, 3.05) is 0 Å². The minimum atomic E-state index is -1.41. The van der Waals surface area contributed by atoms with Crippen LogP contribution in [0.3, 0.4) is 0 Å². The molecule has 0 fully saturated rings. The van der Waals surface area contributed by atoms with Crippen LogP contribution in [-0.4, -0.2) is 17.2 Å². The number of hydrogen-bond acceptors (Lipinski definition) is 2. The fourth-order valence-corrected chi connectivity index (χ4v) is 1.30. The smallest absolute Gasteiger partial charge is 0.340 e. The maximum absolute atomic E-state index is 13.6. The molecule has 3 nitrogen and oxygen atoms in total. The molecule has 82 valence electrons. The maximum Gasteiger partial charge on any atom is 0.340 e. The van der Waals surface area contributed by atoms with Crippen LogP contribution in [0.15, 0.2) is 12.1 Å². The number of benzene rings is 1. The monoisotopic (exact) mass is 232 g/mol. The van der Waals surface area contributed by atoms with Crippen molar-refractivity contribution < 1.29 is 19.0 Å². The van der Waals surface area contributed by atoms with Crippen molar-refractivity contribution in [2.24, 2.45) is 0 Å². The highest BCUT2D eigenvalue weighted by Crippen LogP contribution is 2.27. The Balaban J connectivity index is 3.22. The molecule has 0 aromatic heterocycles. The average Bonchev–Trinajstić information content (AvgIpc) is 2.09. The average molecular weight is 233 g/mol. The summed E-state index contributed by atoms with van der Waals surface area (Å²) in [5, 5.41) is 8.58. The number of aromatic carboxylic acids is 1. The molecule has 1 N–H and O–H groups in total. The fourth-order valence-electron chi connectivity index (χ4n) is 1.07. The molecule has 1 rings (SSSR count). The first kappa shape index (κ1) is 11.8. The van der Waals surface area contributed by atoms with Gasteiger partial charge in [-0.2, -0.15) is 0 Å². The highest BCUT2D eigenvalue weighted by Gasteiger charge is 2.19. The second-order valence-electron chi connectivity index (χ2n) is 3.21. The first-order valence-electron chi connectivity index (χ1n) is 4.31. The summed E-state index contributed by atoms with van der Waals surface area (Å²) in [6, 6.07) is 2.61. The molecule has 0 aliphatic heterocycles. The topological polar surface area (TPSA) is 46.5 Å². The van der Waals surface area contributed by atoms with E-state index in [-0.39, 0.29) is 16.9 Å². The van der Waals surface area contributed by atoms with Gasteiger partial charge in [0, 0.05) is 0 Å². The van der Waals surface area contributed by atoms with Crippen molar-refractivity contribution >= 4 is 17.6 Å². The normalized spacial score (nSPS) is 10.5. The molecule has 5 heteroatoms. The van der Waals surface area contributed by atoms with Crippen LogP contribution >= 0.6 is 11.6 Å². The van der Waals surface area contributed by atoms with Crippen molar-refractivity contribution in [1.29, 1.82) is 0 Å². The van der Waals surface area contributed by atoms with Crippen LogP contribution in [0, 0.1) is 5.82 Å². The largest absolute Gasteiger partial charge is 0.488 e. The van der Waals surface area contributed by atoms with Crippen LogP contribution in [0.5, 0.6) is 5.75 Å². The van der Waals surface area contributed by atoms with Crippen molar-refractivity contribution in [2.45, 2.75) is 20.0 Å². The minimum absolute atomic E-state index is 0.105. The summed E-state index contributed by atoms with van der Waals surface area (Å²) in [5.74, 6) is -2.46. The van der Waals surface area contributed by atoms with E-state index >= 15 is 0 Å². The SMILES string of the molecule is CC(C)Oc1ccc(Cl)c(C(=O)O)c1F. The summed E-state index contributed by atoms with van der Waals surface area (Å²) in [7, 11) is 0. The van der Waals surface area contributed by atoms with Crippen molar-refractivity contribution in [1.82, 2.24) is 0 Å². The third-order valence-electron chi connectivity index (χ3n) is 1.63. The second-order valence-corrected chi connectivity index (χ2v) is 3.61. The van der Waals surface area contributed by atoms with Gasteiger partial charge in [0.15, 0.2) is 11.6 Å². The third-order valence-corrected chi connectivity index (χ3v) is 1.95. The number of halogens is 2. The van der Waals surface area contributed by atoms with E-state index in [9.17, 15) is 9.18 Å². The molecule has 0 spiro atoms. The Morgan fingerprint density at radius 2 is 2.13 bits per heavy atom. The van der Waals surface area contributed by atoms with Crippen LogP contribution in [0.25, 0.3) is 0 Å². The van der Waals surface area contributed by atoms with Gasteiger partial charge >= 0.3 is 5.97 Å². The van der Waals surface area contributed by atoms with E-state index < -0.39 is 17.3 Å². The Morgan fingerprint density at radius 1 is 1.53 bits per heavy atom. The lowest BCUT2D eigenvalue weighted by Gasteiger charge is -2.12. The van der Waals surface area contributed by atoms with Crippen LogP contribution in [-0.2, 0) is 0 Å². The van der Waals surface area contributed by atoms with E-state index in [1.54, 1.807) is 13.8 Å². The van der Waals surface area contributed by atoms with Gasteiger partial charge in [0.1, 0.15) is 5.56 Å². The van der Waals surface area contributed by atoms with E-state index in [1.807, 2.05) is 0 Å². The van der Waals surface area contributed by atoms with Gasteiger partial charge in [0.2, 0.25) is 0 Å². The van der Waals surface area contributed by atoms with Crippen LogP contribution in [0.4, 0.5) is 4.39 Å². The number of rotatable bonds is 3. The van der Waals surface area contributed by atoms with Gasteiger partial charge in [-0.3, -0.25) is 0 Å². The van der Waals surface area contributed by atoms with Crippen molar-refractivity contribution in [3.05, 3.63) is 28.5 Å². The molecule has 0 bridgehead atoms. The van der Waals surface area contributed by atoms with E-state index in [4.69, 9.17) is 21.4 Å². The lowest BCUT2D eigenvalue weighted by molar-refractivity contribution is 0.0690.